The summed E-state index contributed by atoms with van der Waals surface area (Å²) < 4.78 is 0. The predicted molar refractivity (Wildman–Crippen MR) is 80.5 cm³/mol. The fraction of sp³-hybridized carbons (Fsp3) is 0.200. The van der Waals surface area contributed by atoms with Gasteiger partial charge >= 0.3 is 0 Å². The smallest absolute Gasteiger partial charge is 0.0916 e. The number of aromatic nitrogens is 2. The summed E-state index contributed by atoms with van der Waals surface area (Å²) in [4.78, 5) is 11.3. The number of hydrogen-bond acceptors (Lipinski definition) is 4. The molecule has 0 fully saturated rings. The SMILES string of the molecule is Cc1ccc2nc3cc(N(C)C)c(N)cc3nc2c1. The minimum Gasteiger partial charge on any atom is -0.397 e. The van der Waals surface area contributed by atoms with Crippen molar-refractivity contribution in [3.05, 3.63) is 35.9 Å². The zero-order valence-corrected chi connectivity index (χ0v) is 11.3. The van der Waals surface area contributed by atoms with Crippen LogP contribution in [0.15, 0.2) is 30.3 Å². The van der Waals surface area contributed by atoms with E-state index in [0.717, 1.165) is 33.4 Å². The van der Waals surface area contributed by atoms with Crippen LogP contribution in [0.5, 0.6) is 0 Å². The summed E-state index contributed by atoms with van der Waals surface area (Å²) in [7, 11) is 3.94. The Kier molecular flexibility index (Phi) is 2.52. The van der Waals surface area contributed by atoms with Gasteiger partial charge in [0.25, 0.3) is 0 Å². The first-order valence-electron chi connectivity index (χ1n) is 6.19. The Morgan fingerprint density at radius 1 is 0.895 bits per heavy atom. The van der Waals surface area contributed by atoms with Gasteiger partial charge in [-0.15, -0.1) is 0 Å². The number of hydrogen-bond donors (Lipinski definition) is 1. The van der Waals surface area contributed by atoms with E-state index < -0.39 is 0 Å². The molecule has 0 aliphatic heterocycles. The van der Waals surface area contributed by atoms with Gasteiger partial charge in [0, 0.05) is 14.1 Å². The monoisotopic (exact) mass is 252 g/mol. The van der Waals surface area contributed by atoms with Gasteiger partial charge in [-0.1, -0.05) is 6.07 Å². The van der Waals surface area contributed by atoms with Crippen LogP contribution in [0.25, 0.3) is 22.1 Å². The van der Waals surface area contributed by atoms with Crippen LogP contribution in [0.3, 0.4) is 0 Å². The Balaban J connectivity index is 2.35. The lowest BCUT2D eigenvalue weighted by Crippen LogP contribution is -2.11. The number of nitrogens with two attached hydrogens (primary N) is 1. The molecular formula is C15H16N4. The summed E-state index contributed by atoms with van der Waals surface area (Å²) in [5.74, 6) is 0. The van der Waals surface area contributed by atoms with Gasteiger partial charge in [0.2, 0.25) is 0 Å². The molecule has 0 aliphatic rings. The molecule has 3 aromatic rings. The summed E-state index contributed by atoms with van der Waals surface area (Å²) in [5, 5.41) is 0. The number of benzene rings is 2. The molecule has 3 rings (SSSR count). The van der Waals surface area contributed by atoms with Crippen molar-refractivity contribution in [2.24, 2.45) is 0 Å². The van der Waals surface area contributed by atoms with E-state index >= 15 is 0 Å². The van der Waals surface area contributed by atoms with Gasteiger partial charge in [-0.05, 0) is 36.8 Å². The Bertz CT molecular complexity index is 778. The van der Waals surface area contributed by atoms with Crippen LogP contribution in [-0.2, 0) is 0 Å². The van der Waals surface area contributed by atoms with Crippen molar-refractivity contribution in [2.75, 3.05) is 24.7 Å². The molecule has 19 heavy (non-hydrogen) atoms. The Morgan fingerprint density at radius 3 is 2.26 bits per heavy atom. The number of anilines is 2. The molecule has 1 aromatic heterocycles. The van der Waals surface area contributed by atoms with Gasteiger partial charge < -0.3 is 10.6 Å². The van der Waals surface area contributed by atoms with E-state index in [1.165, 1.54) is 5.56 Å². The predicted octanol–water partition coefficient (Wildman–Crippen LogP) is 2.74. The molecule has 0 aliphatic carbocycles. The van der Waals surface area contributed by atoms with Gasteiger partial charge in [-0.3, -0.25) is 0 Å². The molecule has 0 bridgehead atoms. The van der Waals surface area contributed by atoms with Gasteiger partial charge in [0.15, 0.2) is 0 Å². The molecule has 96 valence electrons. The highest BCUT2D eigenvalue weighted by atomic mass is 15.1. The maximum absolute atomic E-state index is 6.05. The standard InChI is InChI=1S/C15H16N4/c1-9-4-5-11-12(6-9)18-13-7-10(16)15(19(2)3)8-14(13)17-11/h4-8H,16H2,1-3H3. The fourth-order valence-corrected chi connectivity index (χ4v) is 2.23. The van der Waals surface area contributed by atoms with E-state index in [4.69, 9.17) is 5.73 Å². The third-order valence-corrected chi connectivity index (χ3v) is 3.22. The van der Waals surface area contributed by atoms with Crippen LogP contribution in [0.2, 0.25) is 0 Å². The fourth-order valence-electron chi connectivity index (χ4n) is 2.23. The minimum atomic E-state index is 0.721. The molecule has 4 nitrogen and oxygen atoms in total. The van der Waals surface area contributed by atoms with E-state index in [2.05, 4.69) is 16.9 Å². The maximum atomic E-state index is 6.05. The van der Waals surface area contributed by atoms with Gasteiger partial charge in [-0.2, -0.15) is 0 Å². The van der Waals surface area contributed by atoms with E-state index in [1.807, 2.05) is 49.3 Å². The van der Waals surface area contributed by atoms with Gasteiger partial charge in [-0.25, -0.2) is 9.97 Å². The molecular weight excluding hydrogens is 236 g/mol. The first kappa shape index (κ1) is 11.7. The molecule has 1 heterocycles. The van der Waals surface area contributed by atoms with Gasteiger partial charge in [0.1, 0.15) is 0 Å². The Morgan fingerprint density at radius 2 is 1.53 bits per heavy atom. The highest BCUT2D eigenvalue weighted by Gasteiger charge is 2.07. The number of aryl methyl sites for hydroxylation is 1. The molecule has 0 atom stereocenters. The normalized spacial score (nSPS) is 11.1. The Hall–Kier alpha value is -2.36. The van der Waals surface area contributed by atoms with Gasteiger partial charge in [0.05, 0.1) is 33.4 Å². The average molecular weight is 252 g/mol. The second-order valence-corrected chi connectivity index (χ2v) is 5.01. The second-order valence-electron chi connectivity index (χ2n) is 5.01. The quantitative estimate of drug-likeness (QED) is 0.534. The van der Waals surface area contributed by atoms with Crippen molar-refractivity contribution in [1.29, 1.82) is 0 Å². The summed E-state index contributed by atoms with van der Waals surface area (Å²) in [5.41, 5.74) is 12.4. The Labute approximate surface area is 111 Å². The topological polar surface area (TPSA) is 55.0 Å². The zero-order valence-electron chi connectivity index (χ0n) is 11.3. The summed E-state index contributed by atoms with van der Waals surface area (Å²) in [6, 6.07) is 9.96. The number of rotatable bonds is 1. The lowest BCUT2D eigenvalue weighted by atomic mass is 10.2. The van der Waals surface area contributed by atoms with Crippen LogP contribution in [0.4, 0.5) is 11.4 Å². The minimum absolute atomic E-state index is 0.721. The lowest BCUT2D eigenvalue weighted by molar-refractivity contribution is 1.14. The zero-order chi connectivity index (χ0) is 13.6. The highest BCUT2D eigenvalue weighted by Crippen LogP contribution is 2.27. The molecule has 0 unspecified atom stereocenters. The molecule has 2 N–H and O–H groups in total. The molecule has 2 aromatic carbocycles. The highest BCUT2D eigenvalue weighted by molar-refractivity contribution is 5.92. The van der Waals surface area contributed by atoms with E-state index in [0.29, 0.717) is 0 Å². The molecule has 0 spiro atoms. The summed E-state index contributed by atoms with van der Waals surface area (Å²) in [6.45, 7) is 2.05. The summed E-state index contributed by atoms with van der Waals surface area (Å²) >= 11 is 0. The van der Waals surface area contributed by atoms with Crippen LogP contribution in [0.1, 0.15) is 5.56 Å². The molecule has 0 saturated heterocycles. The van der Waals surface area contributed by atoms with Crippen LogP contribution in [-0.4, -0.2) is 24.1 Å². The number of nitrogens with zero attached hydrogens (tertiary/aromatic N) is 3. The number of nitrogen functional groups attached to an aromatic ring is 1. The van der Waals surface area contributed by atoms with Crippen molar-refractivity contribution < 1.29 is 0 Å². The third kappa shape index (κ3) is 1.95. The number of fused-ring (bicyclic) bond motifs is 2. The molecule has 0 amide bonds. The van der Waals surface area contributed by atoms with Crippen LogP contribution >= 0.6 is 0 Å². The van der Waals surface area contributed by atoms with Crippen LogP contribution < -0.4 is 10.6 Å². The van der Waals surface area contributed by atoms with E-state index in [1.54, 1.807) is 0 Å². The average Bonchev–Trinajstić information content (AvgIpc) is 2.35. The van der Waals surface area contributed by atoms with E-state index in [9.17, 15) is 0 Å². The largest absolute Gasteiger partial charge is 0.397 e. The molecule has 0 radical (unpaired) electrons. The second kappa shape index (κ2) is 4.09. The first-order valence-corrected chi connectivity index (χ1v) is 6.19. The van der Waals surface area contributed by atoms with Crippen molar-refractivity contribution >= 4 is 33.4 Å². The van der Waals surface area contributed by atoms with Crippen molar-refractivity contribution in [3.63, 3.8) is 0 Å². The first-order chi connectivity index (χ1) is 9.04. The third-order valence-electron chi connectivity index (χ3n) is 3.22. The lowest BCUT2D eigenvalue weighted by Gasteiger charge is -2.15. The summed E-state index contributed by atoms with van der Waals surface area (Å²) in [6.07, 6.45) is 0. The molecule has 0 saturated carbocycles. The molecule has 4 heteroatoms. The maximum Gasteiger partial charge on any atom is 0.0916 e. The van der Waals surface area contributed by atoms with Crippen molar-refractivity contribution in [3.8, 4) is 0 Å². The van der Waals surface area contributed by atoms with Crippen molar-refractivity contribution in [2.45, 2.75) is 6.92 Å². The van der Waals surface area contributed by atoms with Crippen LogP contribution in [0, 0.1) is 6.92 Å². The van der Waals surface area contributed by atoms with E-state index in [-0.39, 0.29) is 0 Å². The van der Waals surface area contributed by atoms with Crippen molar-refractivity contribution in [1.82, 2.24) is 9.97 Å².